The van der Waals surface area contributed by atoms with Crippen molar-refractivity contribution in [2.45, 2.75) is 47.1 Å². The van der Waals surface area contributed by atoms with Crippen LogP contribution in [0.1, 0.15) is 37.9 Å². The predicted molar refractivity (Wildman–Crippen MR) is 123 cm³/mol. The molecule has 1 aliphatic heterocycles. The summed E-state index contributed by atoms with van der Waals surface area (Å²) < 4.78 is 7.48. The molecule has 2 unspecified atom stereocenters. The van der Waals surface area contributed by atoms with Crippen LogP contribution in [0.5, 0.6) is 5.75 Å². The van der Waals surface area contributed by atoms with E-state index in [0.717, 1.165) is 52.4 Å². The number of amides is 1. The third-order valence-electron chi connectivity index (χ3n) is 6.15. The minimum atomic E-state index is 0.199. The number of aryl methyl sites for hydroxylation is 3. The Morgan fingerprint density at radius 1 is 1.16 bits per heavy atom. The van der Waals surface area contributed by atoms with Crippen molar-refractivity contribution in [3.63, 3.8) is 0 Å². The number of fused-ring (bicyclic) bond motifs is 1. The Bertz CT molecular complexity index is 1090. The highest BCUT2D eigenvalue weighted by Gasteiger charge is 2.26. The van der Waals surface area contributed by atoms with Crippen LogP contribution in [0, 0.1) is 25.7 Å². The lowest BCUT2D eigenvalue weighted by atomic mass is 9.92. The molecular formula is C25H32N4O2. The molecule has 31 heavy (non-hydrogen) atoms. The van der Waals surface area contributed by atoms with Crippen molar-refractivity contribution in [2.75, 3.05) is 20.2 Å². The average molecular weight is 421 g/mol. The minimum Gasteiger partial charge on any atom is -0.496 e. The number of pyridine rings is 1. The number of benzene rings is 1. The lowest BCUT2D eigenvalue weighted by molar-refractivity contribution is -0.134. The zero-order chi connectivity index (χ0) is 22.1. The molecular weight excluding hydrogens is 388 g/mol. The molecule has 3 heterocycles. The number of ether oxygens (including phenoxy) is 1. The number of para-hydroxylation sites is 1. The Balaban J connectivity index is 1.68. The number of hydrogen-bond acceptors (Lipinski definition) is 4. The van der Waals surface area contributed by atoms with E-state index < -0.39 is 0 Å². The highest BCUT2D eigenvalue weighted by Crippen LogP contribution is 2.35. The van der Waals surface area contributed by atoms with E-state index in [-0.39, 0.29) is 5.91 Å². The Labute approximate surface area is 184 Å². The molecule has 1 amide bonds. The summed E-state index contributed by atoms with van der Waals surface area (Å²) in [5.74, 6) is 2.09. The highest BCUT2D eigenvalue weighted by atomic mass is 16.5. The van der Waals surface area contributed by atoms with Crippen LogP contribution >= 0.6 is 0 Å². The Kier molecular flexibility index (Phi) is 5.99. The number of likely N-dealkylation sites (tertiary alicyclic amines) is 1. The first-order valence-electron chi connectivity index (χ1n) is 11.1. The molecule has 1 aliphatic rings. The average Bonchev–Trinajstić information content (AvgIpc) is 3.09. The Morgan fingerprint density at radius 3 is 2.58 bits per heavy atom. The van der Waals surface area contributed by atoms with Crippen LogP contribution < -0.4 is 4.74 Å². The van der Waals surface area contributed by atoms with E-state index >= 15 is 0 Å². The molecule has 4 rings (SSSR count). The summed E-state index contributed by atoms with van der Waals surface area (Å²) in [7, 11) is 1.67. The summed E-state index contributed by atoms with van der Waals surface area (Å²) >= 11 is 0. The van der Waals surface area contributed by atoms with Crippen molar-refractivity contribution in [1.29, 1.82) is 0 Å². The Hall–Kier alpha value is -2.89. The zero-order valence-corrected chi connectivity index (χ0v) is 19.2. The molecule has 3 aromatic rings. The molecule has 1 aromatic carbocycles. The van der Waals surface area contributed by atoms with Crippen molar-refractivity contribution in [1.82, 2.24) is 19.7 Å². The molecule has 0 saturated carbocycles. The van der Waals surface area contributed by atoms with Gasteiger partial charge in [-0.25, -0.2) is 9.67 Å². The molecule has 2 aromatic heterocycles. The third kappa shape index (κ3) is 4.29. The maximum atomic E-state index is 13.0. The smallest absolute Gasteiger partial charge is 0.224 e. The summed E-state index contributed by atoms with van der Waals surface area (Å²) in [6.07, 6.45) is 1.62. The van der Waals surface area contributed by atoms with Crippen molar-refractivity contribution >= 4 is 16.9 Å². The molecule has 0 radical (unpaired) electrons. The molecule has 0 spiro atoms. The van der Waals surface area contributed by atoms with Crippen molar-refractivity contribution in [3.05, 3.63) is 41.6 Å². The van der Waals surface area contributed by atoms with Crippen LogP contribution in [0.3, 0.4) is 0 Å². The van der Waals surface area contributed by atoms with Crippen LogP contribution in [-0.2, 0) is 11.3 Å². The number of hydrogen-bond donors (Lipinski definition) is 0. The van der Waals surface area contributed by atoms with Crippen LogP contribution in [0.2, 0.25) is 0 Å². The molecule has 2 atom stereocenters. The van der Waals surface area contributed by atoms with Gasteiger partial charge in [0.25, 0.3) is 0 Å². The highest BCUT2D eigenvalue weighted by molar-refractivity contribution is 5.95. The number of nitrogens with zero attached hydrogens (tertiary/aromatic N) is 4. The fourth-order valence-corrected chi connectivity index (χ4v) is 4.93. The number of carbonyl (C=O) groups is 1. The summed E-state index contributed by atoms with van der Waals surface area (Å²) in [6.45, 7) is 10.8. The van der Waals surface area contributed by atoms with Crippen molar-refractivity contribution in [2.24, 2.45) is 11.8 Å². The standard InChI is InChI=1S/C25H32N4O2/c1-16-12-17(2)15-28(14-16)22(30)10-11-29-25-23(18(3)13-19(4)26-25)24(27-29)20-8-6-7-9-21(20)31-5/h6-9,13,16-17H,10-12,14-15H2,1-5H3. The molecule has 0 bridgehead atoms. The second kappa shape index (κ2) is 8.69. The molecule has 164 valence electrons. The zero-order valence-electron chi connectivity index (χ0n) is 19.2. The van der Waals surface area contributed by atoms with Crippen LogP contribution in [-0.4, -0.2) is 45.8 Å². The molecule has 0 N–H and O–H groups in total. The van der Waals surface area contributed by atoms with Gasteiger partial charge in [0.1, 0.15) is 11.4 Å². The predicted octanol–water partition coefficient (Wildman–Crippen LogP) is 4.62. The number of piperidine rings is 1. The fourth-order valence-electron chi connectivity index (χ4n) is 4.93. The topological polar surface area (TPSA) is 60.3 Å². The number of methoxy groups -OCH3 is 1. The van der Waals surface area contributed by atoms with Gasteiger partial charge in [0.05, 0.1) is 19.0 Å². The third-order valence-corrected chi connectivity index (χ3v) is 6.15. The summed E-state index contributed by atoms with van der Waals surface area (Å²) in [4.78, 5) is 19.8. The second-order valence-corrected chi connectivity index (χ2v) is 9.05. The van der Waals surface area contributed by atoms with E-state index in [0.29, 0.717) is 24.8 Å². The largest absolute Gasteiger partial charge is 0.496 e. The van der Waals surface area contributed by atoms with Crippen LogP contribution in [0.25, 0.3) is 22.3 Å². The van der Waals surface area contributed by atoms with Gasteiger partial charge in [0.2, 0.25) is 5.91 Å². The number of carbonyl (C=O) groups excluding carboxylic acids is 1. The summed E-state index contributed by atoms with van der Waals surface area (Å²) in [6, 6.07) is 9.98. The first-order valence-corrected chi connectivity index (χ1v) is 11.1. The van der Waals surface area contributed by atoms with E-state index in [1.165, 1.54) is 6.42 Å². The van der Waals surface area contributed by atoms with E-state index in [9.17, 15) is 4.79 Å². The molecule has 0 aliphatic carbocycles. The lowest BCUT2D eigenvalue weighted by Gasteiger charge is -2.35. The first-order chi connectivity index (χ1) is 14.9. The van der Waals surface area contributed by atoms with Crippen LogP contribution in [0.4, 0.5) is 0 Å². The summed E-state index contributed by atoms with van der Waals surface area (Å²) in [5, 5.41) is 5.94. The van der Waals surface area contributed by atoms with Gasteiger partial charge in [0.15, 0.2) is 5.65 Å². The minimum absolute atomic E-state index is 0.199. The molecule has 6 nitrogen and oxygen atoms in total. The molecule has 6 heteroatoms. The van der Waals surface area contributed by atoms with E-state index in [4.69, 9.17) is 14.8 Å². The normalized spacial score (nSPS) is 19.1. The van der Waals surface area contributed by atoms with E-state index in [1.807, 2.05) is 40.8 Å². The Morgan fingerprint density at radius 2 is 1.87 bits per heavy atom. The molecule has 1 saturated heterocycles. The van der Waals surface area contributed by atoms with Gasteiger partial charge in [-0.05, 0) is 55.9 Å². The molecule has 1 fully saturated rings. The monoisotopic (exact) mass is 420 g/mol. The van der Waals surface area contributed by atoms with Gasteiger partial charge in [0, 0.05) is 30.8 Å². The maximum Gasteiger partial charge on any atom is 0.224 e. The van der Waals surface area contributed by atoms with Crippen molar-refractivity contribution < 1.29 is 9.53 Å². The second-order valence-electron chi connectivity index (χ2n) is 9.05. The van der Waals surface area contributed by atoms with Crippen LogP contribution in [0.15, 0.2) is 30.3 Å². The first kappa shape index (κ1) is 21.3. The van der Waals surface area contributed by atoms with Gasteiger partial charge < -0.3 is 9.64 Å². The lowest BCUT2D eigenvalue weighted by Crippen LogP contribution is -2.42. The maximum absolute atomic E-state index is 13.0. The SMILES string of the molecule is COc1ccccc1-c1nn(CCC(=O)N2CC(C)CC(C)C2)c2nc(C)cc(C)c12. The van der Waals surface area contributed by atoms with Gasteiger partial charge in [-0.3, -0.25) is 4.79 Å². The van der Waals surface area contributed by atoms with E-state index in [2.05, 4.69) is 26.8 Å². The quantitative estimate of drug-likeness (QED) is 0.604. The van der Waals surface area contributed by atoms with Crippen molar-refractivity contribution in [3.8, 4) is 17.0 Å². The van der Waals surface area contributed by atoms with Gasteiger partial charge in [-0.1, -0.05) is 26.0 Å². The number of aromatic nitrogens is 3. The van der Waals surface area contributed by atoms with Gasteiger partial charge in [-0.2, -0.15) is 5.10 Å². The number of rotatable bonds is 5. The van der Waals surface area contributed by atoms with Gasteiger partial charge in [-0.15, -0.1) is 0 Å². The summed E-state index contributed by atoms with van der Waals surface area (Å²) in [5.41, 5.74) is 4.69. The fraction of sp³-hybridized carbons (Fsp3) is 0.480. The van der Waals surface area contributed by atoms with Gasteiger partial charge >= 0.3 is 0 Å². The van der Waals surface area contributed by atoms with E-state index in [1.54, 1.807) is 7.11 Å².